The Morgan fingerprint density at radius 1 is 0.964 bits per heavy atom. The number of ether oxygens (including phenoxy) is 2. The van der Waals surface area contributed by atoms with Crippen LogP contribution in [0.2, 0.25) is 0 Å². The van der Waals surface area contributed by atoms with Crippen LogP contribution >= 0.6 is 0 Å². The lowest BCUT2D eigenvalue weighted by molar-refractivity contribution is 0.0846. The minimum Gasteiger partial charge on any atom is -0.454 e. The Kier molecular flexibility index (Phi) is 4.44. The molecule has 8 heteroatoms. The van der Waals surface area contributed by atoms with E-state index in [9.17, 15) is 9.59 Å². The molecule has 2 heterocycles. The molecule has 0 atom stereocenters. The van der Waals surface area contributed by atoms with E-state index in [-0.39, 0.29) is 6.79 Å². The maximum Gasteiger partial charge on any atom is 0.273 e. The summed E-state index contributed by atoms with van der Waals surface area (Å²) in [5.41, 5.74) is 8.18. The molecule has 4 rings (SSSR count). The number of fused-ring (bicyclic) bond motifs is 1. The first-order valence-electron chi connectivity index (χ1n) is 8.65. The Bertz CT molecular complexity index is 1060. The molecule has 0 saturated heterocycles. The van der Waals surface area contributed by atoms with Gasteiger partial charge in [0.15, 0.2) is 11.5 Å². The number of aromatic nitrogens is 2. The van der Waals surface area contributed by atoms with Gasteiger partial charge in [-0.1, -0.05) is 17.7 Å². The second-order valence-corrected chi connectivity index (χ2v) is 6.37. The lowest BCUT2D eigenvalue weighted by Gasteiger charge is -2.08. The number of hydrazine groups is 1. The third-order valence-electron chi connectivity index (χ3n) is 4.46. The second kappa shape index (κ2) is 7.07. The van der Waals surface area contributed by atoms with Gasteiger partial charge in [-0.25, -0.2) is 4.68 Å². The maximum absolute atomic E-state index is 12.5. The number of aryl methyl sites for hydroxylation is 1. The monoisotopic (exact) mass is 378 g/mol. The minimum atomic E-state index is -0.463. The van der Waals surface area contributed by atoms with E-state index in [1.54, 1.807) is 29.8 Å². The van der Waals surface area contributed by atoms with Gasteiger partial charge in [0, 0.05) is 5.56 Å². The average molecular weight is 378 g/mol. The Morgan fingerprint density at radius 3 is 2.46 bits per heavy atom. The van der Waals surface area contributed by atoms with Crippen molar-refractivity contribution >= 4 is 11.8 Å². The lowest BCUT2D eigenvalue weighted by atomic mass is 10.2. The predicted molar refractivity (Wildman–Crippen MR) is 101 cm³/mol. The molecule has 2 aromatic carbocycles. The van der Waals surface area contributed by atoms with Crippen molar-refractivity contribution in [2.45, 2.75) is 13.8 Å². The first kappa shape index (κ1) is 17.6. The first-order valence-corrected chi connectivity index (χ1v) is 8.65. The van der Waals surface area contributed by atoms with Crippen molar-refractivity contribution in [3.8, 4) is 17.2 Å². The van der Waals surface area contributed by atoms with Gasteiger partial charge in [-0.05, 0) is 44.2 Å². The van der Waals surface area contributed by atoms with Crippen LogP contribution in [0.5, 0.6) is 11.5 Å². The van der Waals surface area contributed by atoms with Crippen molar-refractivity contribution in [2.75, 3.05) is 6.79 Å². The fourth-order valence-corrected chi connectivity index (χ4v) is 2.87. The molecule has 1 aliphatic rings. The number of benzene rings is 2. The van der Waals surface area contributed by atoms with Gasteiger partial charge < -0.3 is 9.47 Å². The highest BCUT2D eigenvalue weighted by atomic mass is 16.7. The van der Waals surface area contributed by atoms with E-state index < -0.39 is 11.8 Å². The van der Waals surface area contributed by atoms with E-state index in [4.69, 9.17) is 9.47 Å². The fraction of sp³-hybridized carbons (Fsp3) is 0.150. The zero-order chi connectivity index (χ0) is 19.7. The molecule has 0 bridgehead atoms. The van der Waals surface area contributed by atoms with Crippen molar-refractivity contribution in [1.29, 1.82) is 0 Å². The van der Waals surface area contributed by atoms with Crippen molar-refractivity contribution in [1.82, 2.24) is 20.6 Å². The molecule has 0 fully saturated rings. The van der Waals surface area contributed by atoms with Crippen LogP contribution in [0.1, 0.15) is 32.0 Å². The Balaban J connectivity index is 1.44. The summed E-state index contributed by atoms with van der Waals surface area (Å²) in [7, 11) is 0. The van der Waals surface area contributed by atoms with E-state index in [1.807, 2.05) is 31.2 Å². The van der Waals surface area contributed by atoms with E-state index in [0.717, 1.165) is 11.3 Å². The number of rotatable bonds is 3. The van der Waals surface area contributed by atoms with Gasteiger partial charge >= 0.3 is 0 Å². The van der Waals surface area contributed by atoms with Crippen LogP contribution in [-0.4, -0.2) is 28.4 Å². The van der Waals surface area contributed by atoms with Gasteiger partial charge in [-0.15, -0.1) is 0 Å². The molecule has 2 N–H and O–H groups in total. The molecule has 1 aliphatic heterocycles. The van der Waals surface area contributed by atoms with E-state index >= 15 is 0 Å². The van der Waals surface area contributed by atoms with Gasteiger partial charge in [0.05, 0.1) is 23.1 Å². The summed E-state index contributed by atoms with van der Waals surface area (Å²) < 4.78 is 12.1. The highest BCUT2D eigenvalue weighted by Gasteiger charge is 2.18. The number of hydrogen-bond acceptors (Lipinski definition) is 5. The molecule has 0 radical (unpaired) electrons. The van der Waals surface area contributed by atoms with Crippen molar-refractivity contribution in [3.05, 3.63) is 71.0 Å². The zero-order valence-corrected chi connectivity index (χ0v) is 15.4. The molecule has 0 spiro atoms. The standard InChI is InChI=1S/C20H18N4O4/c1-12-3-6-15(7-4-12)24-13(2)16(10-21-24)20(26)23-22-19(25)14-5-8-17-18(9-14)28-11-27-17/h3-10H,11H2,1-2H3,(H,22,25)(H,23,26). The highest BCUT2D eigenvalue weighted by molar-refractivity contribution is 5.99. The lowest BCUT2D eigenvalue weighted by Crippen LogP contribution is -2.41. The van der Waals surface area contributed by atoms with Crippen molar-refractivity contribution in [2.24, 2.45) is 0 Å². The summed E-state index contributed by atoms with van der Waals surface area (Å²) in [6.07, 6.45) is 1.47. The SMILES string of the molecule is Cc1ccc(-n2ncc(C(=O)NNC(=O)c3ccc4c(c3)OCO4)c2C)cc1. The zero-order valence-electron chi connectivity index (χ0n) is 15.4. The molecule has 0 unspecified atom stereocenters. The van der Waals surface area contributed by atoms with E-state index in [1.165, 1.54) is 6.20 Å². The summed E-state index contributed by atoms with van der Waals surface area (Å²) in [5.74, 6) is 0.161. The second-order valence-electron chi connectivity index (χ2n) is 6.37. The van der Waals surface area contributed by atoms with Gasteiger partial charge in [-0.2, -0.15) is 5.10 Å². The topological polar surface area (TPSA) is 94.5 Å². The summed E-state index contributed by atoms with van der Waals surface area (Å²) in [4.78, 5) is 24.7. The van der Waals surface area contributed by atoms with Crippen LogP contribution in [0.25, 0.3) is 5.69 Å². The minimum absolute atomic E-state index is 0.126. The van der Waals surface area contributed by atoms with Crippen LogP contribution in [0, 0.1) is 13.8 Å². The molecule has 3 aromatic rings. The molecule has 0 aliphatic carbocycles. The number of nitrogens with one attached hydrogen (secondary N) is 2. The predicted octanol–water partition coefficient (Wildman–Crippen LogP) is 2.29. The summed E-state index contributed by atoms with van der Waals surface area (Å²) in [6, 6.07) is 12.6. The van der Waals surface area contributed by atoms with Crippen LogP contribution < -0.4 is 20.3 Å². The van der Waals surface area contributed by atoms with Crippen LogP contribution in [0.4, 0.5) is 0 Å². The molecule has 0 saturated carbocycles. The average Bonchev–Trinajstić information content (AvgIpc) is 3.32. The maximum atomic E-state index is 12.5. The summed E-state index contributed by atoms with van der Waals surface area (Å²) in [6.45, 7) is 3.92. The van der Waals surface area contributed by atoms with Crippen molar-refractivity contribution in [3.63, 3.8) is 0 Å². The fourth-order valence-electron chi connectivity index (χ4n) is 2.87. The van der Waals surface area contributed by atoms with Crippen molar-refractivity contribution < 1.29 is 19.1 Å². The normalized spacial score (nSPS) is 11.9. The molecule has 28 heavy (non-hydrogen) atoms. The first-order chi connectivity index (χ1) is 13.5. The van der Waals surface area contributed by atoms with Crippen LogP contribution in [0.15, 0.2) is 48.7 Å². The Morgan fingerprint density at radius 2 is 1.68 bits per heavy atom. The largest absolute Gasteiger partial charge is 0.454 e. The molecule has 2 amide bonds. The van der Waals surface area contributed by atoms with Crippen LogP contribution in [-0.2, 0) is 0 Å². The van der Waals surface area contributed by atoms with E-state index in [2.05, 4.69) is 16.0 Å². The van der Waals surface area contributed by atoms with Gasteiger partial charge in [-0.3, -0.25) is 20.4 Å². The van der Waals surface area contributed by atoms with Crippen LogP contribution in [0.3, 0.4) is 0 Å². The number of carbonyl (C=O) groups is 2. The third kappa shape index (κ3) is 3.27. The molecular formula is C20H18N4O4. The third-order valence-corrected chi connectivity index (χ3v) is 4.46. The van der Waals surface area contributed by atoms with E-state index in [0.29, 0.717) is 28.3 Å². The quantitative estimate of drug-likeness (QED) is 0.682. The van der Waals surface area contributed by atoms with Gasteiger partial charge in [0.1, 0.15) is 0 Å². The Labute approximate surface area is 161 Å². The molecule has 8 nitrogen and oxygen atoms in total. The molecular weight excluding hydrogens is 360 g/mol. The molecule has 1 aromatic heterocycles. The molecule has 142 valence electrons. The van der Waals surface area contributed by atoms with Gasteiger partial charge in [0.2, 0.25) is 6.79 Å². The number of carbonyl (C=O) groups excluding carboxylic acids is 2. The number of hydrogen-bond donors (Lipinski definition) is 2. The number of amides is 2. The van der Waals surface area contributed by atoms with Gasteiger partial charge in [0.25, 0.3) is 11.8 Å². The Hall–Kier alpha value is -3.81. The highest BCUT2D eigenvalue weighted by Crippen LogP contribution is 2.32. The smallest absolute Gasteiger partial charge is 0.273 e. The summed E-state index contributed by atoms with van der Waals surface area (Å²) >= 11 is 0. The number of nitrogens with zero attached hydrogens (tertiary/aromatic N) is 2. The summed E-state index contributed by atoms with van der Waals surface area (Å²) in [5, 5.41) is 4.27.